The summed E-state index contributed by atoms with van der Waals surface area (Å²) in [5, 5.41) is 0. The van der Waals surface area contributed by atoms with Gasteiger partial charge in [0.1, 0.15) is 5.69 Å². The first-order valence-electron chi connectivity index (χ1n) is 6.67. The number of carbonyl (C=O) groups excluding carboxylic acids is 2. The molecule has 108 valence electrons. The quantitative estimate of drug-likeness (QED) is 0.864. The predicted molar refractivity (Wildman–Crippen MR) is 81.7 cm³/mol. The van der Waals surface area contributed by atoms with E-state index in [-0.39, 0.29) is 11.7 Å². The van der Waals surface area contributed by atoms with Crippen LogP contribution >= 0.6 is 15.9 Å². The molecule has 1 aliphatic carbocycles. The molecule has 1 atom stereocenters. The monoisotopic (exact) mass is 347 g/mol. The minimum atomic E-state index is -0.445. The van der Waals surface area contributed by atoms with Crippen LogP contribution in [0.25, 0.3) is 0 Å². The second kappa shape index (κ2) is 5.48. The van der Waals surface area contributed by atoms with Crippen LogP contribution in [0, 0.1) is 0 Å². The van der Waals surface area contributed by atoms with Gasteiger partial charge in [0.15, 0.2) is 5.78 Å². The lowest BCUT2D eigenvalue weighted by Crippen LogP contribution is -2.04. The SMILES string of the molecule is COC(=O)c1cc2c([nH]1)C(=O)CC2Cc1ccc(Br)cc1. The van der Waals surface area contributed by atoms with E-state index in [2.05, 4.69) is 25.7 Å². The number of hydrogen-bond acceptors (Lipinski definition) is 3. The number of halogens is 1. The Morgan fingerprint density at radius 3 is 2.76 bits per heavy atom. The average Bonchev–Trinajstić information content (AvgIpc) is 3.03. The molecule has 1 aliphatic rings. The summed E-state index contributed by atoms with van der Waals surface area (Å²) in [7, 11) is 1.33. The highest BCUT2D eigenvalue weighted by molar-refractivity contribution is 9.10. The first-order valence-corrected chi connectivity index (χ1v) is 7.46. The molecule has 5 heteroatoms. The summed E-state index contributed by atoms with van der Waals surface area (Å²) in [5.41, 5.74) is 2.99. The normalized spacial score (nSPS) is 16.9. The number of rotatable bonds is 3. The molecule has 3 rings (SSSR count). The van der Waals surface area contributed by atoms with Gasteiger partial charge < -0.3 is 9.72 Å². The topological polar surface area (TPSA) is 59.2 Å². The smallest absolute Gasteiger partial charge is 0.354 e. The van der Waals surface area contributed by atoms with Crippen molar-refractivity contribution in [2.24, 2.45) is 0 Å². The highest BCUT2D eigenvalue weighted by Crippen LogP contribution is 2.36. The maximum atomic E-state index is 12.1. The number of esters is 1. The van der Waals surface area contributed by atoms with Crippen LogP contribution < -0.4 is 0 Å². The molecule has 0 aliphatic heterocycles. The van der Waals surface area contributed by atoms with Crippen LogP contribution in [0.3, 0.4) is 0 Å². The van der Waals surface area contributed by atoms with Crippen LogP contribution in [0.2, 0.25) is 0 Å². The molecule has 0 saturated carbocycles. The van der Waals surface area contributed by atoms with Crippen molar-refractivity contribution in [3.05, 3.63) is 57.3 Å². The van der Waals surface area contributed by atoms with Gasteiger partial charge in [-0.05, 0) is 41.7 Å². The third-order valence-electron chi connectivity index (χ3n) is 3.80. The number of carbonyl (C=O) groups is 2. The molecule has 1 N–H and O–H groups in total. The average molecular weight is 348 g/mol. The number of Topliss-reactive ketones (excluding diaryl/α,β-unsaturated/α-hetero) is 1. The lowest BCUT2D eigenvalue weighted by Gasteiger charge is -2.09. The van der Waals surface area contributed by atoms with Gasteiger partial charge in [-0.25, -0.2) is 4.79 Å². The molecule has 2 aromatic rings. The van der Waals surface area contributed by atoms with E-state index in [0.717, 1.165) is 16.5 Å². The van der Waals surface area contributed by atoms with Crippen molar-refractivity contribution < 1.29 is 14.3 Å². The number of fused-ring (bicyclic) bond motifs is 1. The van der Waals surface area contributed by atoms with Crippen LogP contribution in [0.4, 0.5) is 0 Å². The summed E-state index contributed by atoms with van der Waals surface area (Å²) in [5.74, 6) is -0.273. The first kappa shape index (κ1) is 14.1. The third kappa shape index (κ3) is 2.65. The molecule has 0 spiro atoms. The number of methoxy groups -OCH3 is 1. The molecule has 1 heterocycles. The molecule has 0 fully saturated rings. The summed E-state index contributed by atoms with van der Waals surface area (Å²) < 4.78 is 5.72. The summed E-state index contributed by atoms with van der Waals surface area (Å²) in [6, 6.07) is 9.81. The summed E-state index contributed by atoms with van der Waals surface area (Å²) in [6.45, 7) is 0. The molecule has 1 aromatic heterocycles. The molecule has 4 nitrogen and oxygen atoms in total. The Morgan fingerprint density at radius 2 is 2.10 bits per heavy atom. The number of H-pyrrole nitrogens is 1. The Bertz CT molecular complexity index is 703. The van der Waals surface area contributed by atoms with E-state index >= 15 is 0 Å². The predicted octanol–water partition coefficient (Wildman–Crippen LogP) is 3.48. The zero-order chi connectivity index (χ0) is 15.0. The van der Waals surface area contributed by atoms with Crippen molar-refractivity contribution in [1.29, 1.82) is 0 Å². The first-order chi connectivity index (χ1) is 10.1. The van der Waals surface area contributed by atoms with Gasteiger partial charge in [-0.2, -0.15) is 0 Å². The highest BCUT2D eigenvalue weighted by Gasteiger charge is 2.32. The van der Waals surface area contributed by atoms with Crippen molar-refractivity contribution in [2.45, 2.75) is 18.8 Å². The Hall–Kier alpha value is -1.88. The Kier molecular flexibility index (Phi) is 3.68. The van der Waals surface area contributed by atoms with E-state index in [1.807, 2.05) is 24.3 Å². The summed E-state index contributed by atoms with van der Waals surface area (Å²) in [6.07, 6.45) is 1.27. The molecule has 1 unspecified atom stereocenters. The Balaban J connectivity index is 1.87. The number of ether oxygens (including phenoxy) is 1. The number of ketones is 1. The zero-order valence-corrected chi connectivity index (χ0v) is 13.1. The Labute approximate surface area is 130 Å². The fourth-order valence-electron chi connectivity index (χ4n) is 2.77. The van der Waals surface area contributed by atoms with Crippen LogP contribution in [-0.4, -0.2) is 23.8 Å². The van der Waals surface area contributed by atoms with Crippen LogP contribution in [0.15, 0.2) is 34.8 Å². The lowest BCUT2D eigenvalue weighted by molar-refractivity contribution is 0.0594. The van der Waals surface area contributed by atoms with Gasteiger partial charge in [0.2, 0.25) is 0 Å². The van der Waals surface area contributed by atoms with E-state index in [9.17, 15) is 9.59 Å². The molecule has 0 bridgehead atoms. The minimum absolute atomic E-state index is 0.0577. The van der Waals surface area contributed by atoms with Gasteiger partial charge in [0, 0.05) is 10.9 Å². The number of benzene rings is 1. The van der Waals surface area contributed by atoms with Crippen molar-refractivity contribution in [1.82, 2.24) is 4.98 Å². The van der Waals surface area contributed by atoms with Gasteiger partial charge in [0.05, 0.1) is 12.8 Å². The molecule has 0 radical (unpaired) electrons. The lowest BCUT2D eigenvalue weighted by atomic mass is 9.94. The van der Waals surface area contributed by atoms with Crippen molar-refractivity contribution in [3.63, 3.8) is 0 Å². The van der Waals surface area contributed by atoms with Gasteiger partial charge in [-0.3, -0.25) is 4.79 Å². The summed E-state index contributed by atoms with van der Waals surface area (Å²) in [4.78, 5) is 26.5. The summed E-state index contributed by atoms with van der Waals surface area (Å²) >= 11 is 3.41. The number of hydrogen-bond donors (Lipinski definition) is 1. The van der Waals surface area contributed by atoms with Gasteiger partial charge >= 0.3 is 5.97 Å². The van der Waals surface area contributed by atoms with E-state index in [1.165, 1.54) is 12.7 Å². The van der Waals surface area contributed by atoms with E-state index in [4.69, 9.17) is 0 Å². The standard InChI is InChI=1S/C16H14BrNO3/c1-21-16(20)13-8-12-10(7-14(19)15(12)18-13)6-9-2-4-11(17)5-3-9/h2-5,8,10,18H,6-7H2,1H3. The number of aromatic nitrogens is 1. The van der Waals surface area contributed by atoms with E-state index in [0.29, 0.717) is 17.8 Å². The molecular formula is C16H14BrNO3. The molecule has 0 amide bonds. The van der Waals surface area contributed by atoms with Crippen molar-refractivity contribution in [3.8, 4) is 0 Å². The van der Waals surface area contributed by atoms with Crippen LogP contribution in [-0.2, 0) is 11.2 Å². The van der Waals surface area contributed by atoms with Crippen molar-refractivity contribution >= 4 is 27.7 Å². The minimum Gasteiger partial charge on any atom is -0.464 e. The van der Waals surface area contributed by atoms with E-state index < -0.39 is 5.97 Å². The largest absolute Gasteiger partial charge is 0.464 e. The number of nitrogens with one attached hydrogen (secondary N) is 1. The third-order valence-corrected chi connectivity index (χ3v) is 4.33. The maximum Gasteiger partial charge on any atom is 0.354 e. The zero-order valence-electron chi connectivity index (χ0n) is 11.5. The fraction of sp³-hybridized carbons (Fsp3) is 0.250. The highest BCUT2D eigenvalue weighted by atomic mass is 79.9. The molecular weight excluding hydrogens is 334 g/mol. The second-order valence-electron chi connectivity index (χ2n) is 5.16. The van der Waals surface area contributed by atoms with Gasteiger partial charge in [-0.15, -0.1) is 0 Å². The van der Waals surface area contributed by atoms with Crippen LogP contribution in [0.1, 0.15) is 44.4 Å². The van der Waals surface area contributed by atoms with E-state index in [1.54, 1.807) is 6.07 Å². The Morgan fingerprint density at radius 1 is 1.38 bits per heavy atom. The van der Waals surface area contributed by atoms with Crippen molar-refractivity contribution in [2.75, 3.05) is 7.11 Å². The van der Waals surface area contributed by atoms with Crippen LogP contribution in [0.5, 0.6) is 0 Å². The fourth-order valence-corrected chi connectivity index (χ4v) is 3.03. The van der Waals surface area contributed by atoms with Gasteiger partial charge in [0.25, 0.3) is 0 Å². The second-order valence-corrected chi connectivity index (χ2v) is 6.08. The molecule has 0 saturated heterocycles. The molecule has 21 heavy (non-hydrogen) atoms. The maximum absolute atomic E-state index is 12.1. The number of aromatic amines is 1. The van der Waals surface area contributed by atoms with Gasteiger partial charge in [-0.1, -0.05) is 28.1 Å². The molecule has 1 aromatic carbocycles.